The molecule has 2 aromatic rings. The lowest BCUT2D eigenvalue weighted by atomic mass is 9.88. The second-order valence-electron chi connectivity index (χ2n) is 5.24. The van der Waals surface area contributed by atoms with Crippen LogP contribution in [0.2, 0.25) is 10.0 Å². The Kier molecular flexibility index (Phi) is 3.80. The summed E-state index contributed by atoms with van der Waals surface area (Å²) in [5.41, 5.74) is -1.52. The Balaban J connectivity index is 2.00. The molecular formula is C16H11Cl2NO4. The van der Waals surface area contributed by atoms with Gasteiger partial charge in [0, 0.05) is 16.1 Å². The normalized spacial score (nSPS) is 19.3. The molecule has 118 valence electrons. The van der Waals surface area contributed by atoms with Crippen LogP contribution in [-0.2, 0) is 10.4 Å². The number of amides is 1. The molecule has 7 heteroatoms. The molecule has 0 aliphatic carbocycles. The van der Waals surface area contributed by atoms with Gasteiger partial charge in [-0.3, -0.25) is 9.59 Å². The highest BCUT2D eigenvalue weighted by atomic mass is 35.5. The molecule has 0 saturated carbocycles. The summed E-state index contributed by atoms with van der Waals surface area (Å²) in [6.07, 6.45) is -0.489. The first-order valence-corrected chi connectivity index (χ1v) is 7.43. The van der Waals surface area contributed by atoms with E-state index in [1.54, 1.807) is 0 Å². The van der Waals surface area contributed by atoms with Crippen LogP contribution in [-0.4, -0.2) is 21.9 Å². The van der Waals surface area contributed by atoms with E-state index in [0.717, 1.165) is 0 Å². The first kappa shape index (κ1) is 15.8. The largest absolute Gasteiger partial charge is 0.508 e. The van der Waals surface area contributed by atoms with Gasteiger partial charge < -0.3 is 15.5 Å². The zero-order valence-electron chi connectivity index (χ0n) is 11.6. The molecule has 23 heavy (non-hydrogen) atoms. The molecule has 1 atom stereocenters. The third kappa shape index (κ3) is 2.57. The molecule has 1 aliphatic rings. The van der Waals surface area contributed by atoms with Crippen molar-refractivity contribution in [2.24, 2.45) is 0 Å². The number of benzene rings is 2. The Hall–Kier alpha value is -2.08. The van der Waals surface area contributed by atoms with Crippen LogP contribution in [0.5, 0.6) is 5.75 Å². The maximum Gasteiger partial charge on any atom is 0.261 e. The van der Waals surface area contributed by atoms with Crippen molar-refractivity contribution < 1.29 is 19.8 Å². The van der Waals surface area contributed by atoms with Crippen molar-refractivity contribution in [3.63, 3.8) is 0 Å². The number of phenolic OH excluding ortho intramolecular Hbond substituents is 1. The standard InChI is InChI=1S/C16H11Cl2NO4/c17-10-5-6-11(18)14-13(10)16(23,15(22)19-14)7-12(21)8-1-3-9(20)4-2-8/h1-6,20,23H,7H2,(H,19,22)/t16-/m0/s1. The number of rotatable bonds is 3. The first-order valence-electron chi connectivity index (χ1n) is 6.67. The van der Waals surface area contributed by atoms with Gasteiger partial charge in [0.05, 0.1) is 17.1 Å². The summed E-state index contributed by atoms with van der Waals surface area (Å²) in [6.45, 7) is 0. The predicted molar refractivity (Wildman–Crippen MR) is 86.0 cm³/mol. The second kappa shape index (κ2) is 5.53. The number of ketones is 1. The SMILES string of the molecule is O=C(C[C@@]1(O)C(=O)Nc2c(Cl)ccc(Cl)c21)c1ccc(O)cc1. The number of fused-ring (bicyclic) bond motifs is 1. The van der Waals surface area contributed by atoms with Gasteiger partial charge >= 0.3 is 0 Å². The van der Waals surface area contributed by atoms with Crippen LogP contribution in [0.25, 0.3) is 0 Å². The van der Waals surface area contributed by atoms with Gasteiger partial charge in [0.2, 0.25) is 0 Å². The fourth-order valence-electron chi connectivity index (χ4n) is 2.56. The zero-order valence-corrected chi connectivity index (χ0v) is 13.1. The van der Waals surface area contributed by atoms with Crippen molar-refractivity contribution in [3.8, 4) is 5.75 Å². The van der Waals surface area contributed by atoms with E-state index in [9.17, 15) is 19.8 Å². The number of phenols is 1. The number of Topliss-reactive ketones (excluding diaryl/α,β-unsaturated/α-hetero) is 1. The van der Waals surface area contributed by atoms with Crippen molar-refractivity contribution in [3.05, 3.63) is 57.6 Å². The summed E-state index contributed by atoms with van der Waals surface area (Å²) >= 11 is 12.1. The maximum atomic E-state index is 12.4. The minimum atomic E-state index is -2.09. The third-order valence-corrected chi connectivity index (χ3v) is 4.37. The van der Waals surface area contributed by atoms with E-state index in [-0.39, 0.29) is 32.6 Å². The summed E-state index contributed by atoms with van der Waals surface area (Å²) in [5, 5.41) is 22.9. The average Bonchev–Trinajstić information content (AvgIpc) is 2.77. The molecule has 3 N–H and O–H groups in total. The van der Waals surface area contributed by atoms with Crippen LogP contribution in [0.3, 0.4) is 0 Å². The minimum Gasteiger partial charge on any atom is -0.508 e. The number of nitrogens with one attached hydrogen (secondary N) is 1. The van der Waals surface area contributed by atoms with Gasteiger partial charge in [-0.05, 0) is 36.4 Å². The van der Waals surface area contributed by atoms with Crippen molar-refractivity contribution in [2.45, 2.75) is 12.0 Å². The lowest BCUT2D eigenvalue weighted by Gasteiger charge is -2.21. The van der Waals surface area contributed by atoms with Crippen LogP contribution in [0.4, 0.5) is 5.69 Å². The lowest BCUT2D eigenvalue weighted by molar-refractivity contribution is -0.133. The monoisotopic (exact) mass is 351 g/mol. The van der Waals surface area contributed by atoms with Gasteiger partial charge in [0.15, 0.2) is 11.4 Å². The van der Waals surface area contributed by atoms with Crippen molar-refractivity contribution in [1.82, 2.24) is 0 Å². The highest BCUT2D eigenvalue weighted by Crippen LogP contribution is 2.46. The van der Waals surface area contributed by atoms with E-state index in [0.29, 0.717) is 0 Å². The van der Waals surface area contributed by atoms with Gasteiger partial charge in [-0.2, -0.15) is 0 Å². The molecule has 0 spiro atoms. The topological polar surface area (TPSA) is 86.6 Å². The van der Waals surface area contributed by atoms with Crippen LogP contribution < -0.4 is 5.32 Å². The Morgan fingerprint density at radius 1 is 1.09 bits per heavy atom. The Morgan fingerprint density at radius 2 is 1.70 bits per heavy atom. The maximum absolute atomic E-state index is 12.4. The number of carbonyl (C=O) groups is 2. The van der Waals surface area contributed by atoms with Crippen LogP contribution in [0, 0.1) is 0 Å². The molecule has 1 heterocycles. The molecule has 0 saturated heterocycles. The molecule has 0 unspecified atom stereocenters. The molecule has 2 aromatic carbocycles. The van der Waals surface area contributed by atoms with E-state index < -0.39 is 23.7 Å². The summed E-state index contributed by atoms with van der Waals surface area (Å²) in [6, 6.07) is 8.48. The number of carbonyl (C=O) groups excluding carboxylic acids is 2. The highest BCUT2D eigenvalue weighted by Gasteiger charge is 2.49. The van der Waals surface area contributed by atoms with E-state index >= 15 is 0 Å². The summed E-state index contributed by atoms with van der Waals surface area (Å²) < 4.78 is 0. The van der Waals surface area contributed by atoms with Crippen molar-refractivity contribution >= 4 is 40.6 Å². The smallest absolute Gasteiger partial charge is 0.261 e. The second-order valence-corrected chi connectivity index (χ2v) is 6.05. The lowest BCUT2D eigenvalue weighted by Crippen LogP contribution is -2.36. The highest BCUT2D eigenvalue weighted by molar-refractivity contribution is 6.38. The van der Waals surface area contributed by atoms with Gasteiger partial charge in [-0.25, -0.2) is 0 Å². The molecule has 1 amide bonds. The number of hydrogen-bond donors (Lipinski definition) is 3. The average molecular weight is 352 g/mol. The quantitative estimate of drug-likeness (QED) is 0.741. The molecule has 0 radical (unpaired) electrons. The number of hydrogen-bond acceptors (Lipinski definition) is 4. The molecule has 3 rings (SSSR count). The van der Waals surface area contributed by atoms with Crippen LogP contribution in [0.1, 0.15) is 22.3 Å². The van der Waals surface area contributed by atoms with Gasteiger partial charge in [0.25, 0.3) is 5.91 Å². The number of aliphatic hydroxyl groups is 1. The Bertz CT molecular complexity index is 820. The molecule has 5 nitrogen and oxygen atoms in total. The van der Waals surface area contributed by atoms with Crippen LogP contribution in [0.15, 0.2) is 36.4 Å². The molecule has 0 aromatic heterocycles. The van der Waals surface area contributed by atoms with Gasteiger partial charge in [0.1, 0.15) is 5.75 Å². The molecule has 1 aliphatic heterocycles. The van der Waals surface area contributed by atoms with E-state index in [1.165, 1.54) is 36.4 Å². The van der Waals surface area contributed by atoms with Gasteiger partial charge in [-0.1, -0.05) is 23.2 Å². The number of anilines is 1. The predicted octanol–water partition coefficient (Wildman–Crippen LogP) is 3.11. The van der Waals surface area contributed by atoms with Crippen LogP contribution >= 0.6 is 23.2 Å². The molecule has 0 fully saturated rings. The van der Waals surface area contributed by atoms with E-state index in [4.69, 9.17) is 23.2 Å². The molecular weight excluding hydrogens is 341 g/mol. The third-order valence-electron chi connectivity index (χ3n) is 3.74. The Morgan fingerprint density at radius 3 is 2.35 bits per heavy atom. The summed E-state index contributed by atoms with van der Waals surface area (Å²) in [7, 11) is 0. The zero-order chi connectivity index (χ0) is 16.8. The van der Waals surface area contributed by atoms with E-state index in [2.05, 4.69) is 5.32 Å². The number of aromatic hydroxyl groups is 1. The van der Waals surface area contributed by atoms with Gasteiger partial charge in [-0.15, -0.1) is 0 Å². The van der Waals surface area contributed by atoms with Crippen molar-refractivity contribution in [2.75, 3.05) is 5.32 Å². The fraction of sp³-hybridized carbons (Fsp3) is 0.125. The molecule has 0 bridgehead atoms. The number of halogens is 2. The Labute approximate surface area is 141 Å². The summed E-state index contributed by atoms with van der Waals surface area (Å²) in [5.74, 6) is -1.21. The first-order chi connectivity index (χ1) is 10.8. The van der Waals surface area contributed by atoms with Crippen molar-refractivity contribution in [1.29, 1.82) is 0 Å². The van der Waals surface area contributed by atoms with E-state index in [1.807, 2.05) is 0 Å². The summed E-state index contributed by atoms with van der Waals surface area (Å²) in [4.78, 5) is 24.6. The minimum absolute atomic E-state index is 0.0130. The fourth-order valence-corrected chi connectivity index (χ4v) is 3.08.